The molecule has 1 amide bonds. The van der Waals surface area contributed by atoms with Gasteiger partial charge in [0.2, 0.25) is 0 Å². The topological polar surface area (TPSA) is 53.3 Å². The molecule has 15 heavy (non-hydrogen) atoms. The van der Waals surface area contributed by atoms with Crippen LogP contribution in [0.4, 0.5) is 4.79 Å². The molecule has 82 valence electrons. The molecule has 0 aromatic rings. The minimum Gasteiger partial charge on any atom is -0.444 e. The van der Waals surface area contributed by atoms with Gasteiger partial charge in [-0.05, 0) is 33.1 Å². The van der Waals surface area contributed by atoms with E-state index in [1.165, 1.54) is 0 Å². The number of hydrogen-bond donors (Lipinski definition) is 0. The number of fused-ring (bicyclic) bond motifs is 1. The van der Waals surface area contributed by atoms with Crippen molar-refractivity contribution in [1.29, 1.82) is 5.26 Å². The molecule has 0 N–H and O–H groups in total. The van der Waals surface area contributed by atoms with E-state index in [0.717, 1.165) is 6.42 Å². The van der Waals surface area contributed by atoms with Gasteiger partial charge in [0, 0.05) is 13.1 Å². The summed E-state index contributed by atoms with van der Waals surface area (Å²) in [6.07, 6.45) is 0.660. The molecule has 1 heterocycles. The highest BCUT2D eigenvalue weighted by Gasteiger charge is 2.62. The molecule has 4 nitrogen and oxygen atoms in total. The number of nitrogens with zero attached hydrogens (tertiary/aromatic N) is 2. The summed E-state index contributed by atoms with van der Waals surface area (Å²) >= 11 is 0. The van der Waals surface area contributed by atoms with Gasteiger partial charge in [0.15, 0.2) is 0 Å². The van der Waals surface area contributed by atoms with E-state index in [0.29, 0.717) is 19.0 Å². The number of carbonyl (C=O) groups is 1. The van der Waals surface area contributed by atoms with E-state index in [9.17, 15) is 4.79 Å². The van der Waals surface area contributed by atoms with Crippen LogP contribution in [0.25, 0.3) is 0 Å². The minimum absolute atomic E-state index is 0.239. The van der Waals surface area contributed by atoms with Crippen LogP contribution in [0.2, 0.25) is 0 Å². The molecule has 0 radical (unpaired) electrons. The van der Waals surface area contributed by atoms with Crippen LogP contribution in [0, 0.1) is 22.7 Å². The van der Waals surface area contributed by atoms with Crippen LogP contribution in [0.5, 0.6) is 0 Å². The van der Waals surface area contributed by atoms with E-state index in [1.807, 2.05) is 20.8 Å². The lowest BCUT2D eigenvalue weighted by atomic mass is 10.1. The molecule has 0 unspecified atom stereocenters. The second kappa shape index (κ2) is 2.88. The normalized spacial score (nSPS) is 33.2. The highest BCUT2D eigenvalue weighted by atomic mass is 16.6. The Balaban J connectivity index is 1.93. The Labute approximate surface area is 89.8 Å². The molecule has 1 saturated carbocycles. The second-order valence-electron chi connectivity index (χ2n) is 5.53. The van der Waals surface area contributed by atoms with Gasteiger partial charge in [-0.3, -0.25) is 0 Å². The zero-order valence-electron chi connectivity index (χ0n) is 9.41. The molecule has 2 atom stereocenters. The fraction of sp³-hybridized carbons (Fsp3) is 0.818. The van der Waals surface area contributed by atoms with Gasteiger partial charge >= 0.3 is 6.09 Å². The number of carbonyl (C=O) groups excluding carboxylic acids is 1. The van der Waals surface area contributed by atoms with Crippen molar-refractivity contribution in [2.75, 3.05) is 13.1 Å². The molecular formula is C11H16N2O2. The SMILES string of the molecule is CC(C)(C)OC(=O)N1C[C@H]2C[C@@]2(C#N)C1. The Hall–Kier alpha value is -1.24. The average Bonchev–Trinajstić information content (AvgIpc) is 2.66. The van der Waals surface area contributed by atoms with Gasteiger partial charge in [0.1, 0.15) is 5.60 Å². The smallest absolute Gasteiger partial charge is 0.410 e. The summed E-state index contributed by atoms with van der Waals surface area (Å²) in [5.41, 5.74) is -0.694. The maximum Gasteiger partial charge on any atom is 0.410 e. The number of rotatable bonds is 0. The first-order valence-corrected chi connectivity index (χ1v) is 5.25. The van der Waals surface area contributed by atoms with Gasteiger partial charge in [-0.25, -0.2) is 4.79 Å². The summed E-state index contributed by atoms with van der Waals surface area (Å²) < 4.78 is 5.26. The predicted molar refractivity (Wildman–Crippen MR) is 54.0 cm³/mol. The summed E-state index contributed by atoms with van der Waals surface area (Å²) in [7, 11) is 0. The van der Waals surface area contributed by atoms with Gasteiger partial charge in [0.05, 0.1) is 11.5 Å². The highest BCUT2D eigenvalue weighted by Crippen LogP contribution is 2.57. The molecule has 0 aromatic heterocycles. The van der Waals surface area contributed by atoms with E-state index in [2.05, 4.69) is 6.07 Å². The molecule has 1 aliphatic heterocycles. The Morgan fingerprint density at radius 2 is 2.27 bits per heavy atom. The lowest BCUT2D eigenvalue weighted by Gasteiger charge is -2.25. The first kappa shape index (κ1) is 10.3. The molecule has 4 heteroatoms. The van der Waals surface area contributed by atoms with E-state index >= 15 is 0 Å². The van der Waals surface area contributed by atoms with Crippen molar-refractivity contribution in [2.24, 2.45) is 11.3 Å². The van der Waals surface area contributed by atoms with Crippen molar-refractivity contribution in [3.63, 3.8) is 0 Å². The summed E-state index contributed by atoms with van der Waals surface area (Å²) in [6, 6.07) is 2.31. The third kappa shape index (κ3) is 1.79. The lowest BCUT2D eigenvalue weighted by Crippen LogP contribution is -2.37. The maximum absolute atomic E-state index is 11.7. The Kier molecular flexibility index (Phi) is 1.97. The van der Waals surface area contributed by atoms with Gasteiger partial charge in [-0.1, -0.05) is 0 Å². The lowest BCUT2D eigenvalue weighted by molar-refractivity contribution is 0.0268. The van der Waals surface area contributed by atoms with E-state index in [1.54, 1.807) is 4.90 Å². The molecule has 0 aromatic carbocycles. The van der Waals surface area contributed by atoms with Gasteiger partial charge in [-0.15, -0.1) is 0 Å². The standard InChI is InChI=1S/C11H16N2O2/c1-10(2,3)15-9(14)13-5-8-4-11(8,6-12)7-13/h8H,4-5,7H2,1-3H3/t8-,11-/m1/s1. The van der Waals surface area contributed by atoms with Crippen LogP contribution >= 0.6 is 0 Å². The first-order chi connectivity index (χ1) is 6.86. The first-order valence-electron chi connectivity index (χ1n) is 5.25. The molecule has 1 aliphatic carbocycles. The largest absolute Gasteiger partial charge is 0.444 e. The number of ether oxygens (including phenoxy) is 1. The third-order valence-corrected chi connectivity index (χ3v) is 3.02. The molecule has 2 rings (SSSR count). The fourth-order valence-electron chi connectivity index (χ4n) is 2.12. The number of hydrogen-bond acceptors (Lipinski definition) is 3. The van der Waals surface area contributed by atoms with Crippen LogP contribution in [0.1, 0.15) is 27.2 Å². The Bertz CT molecular complexity index is 339. The van der Waals surface area contributed by atoms with Crippen LogP contribution < -0.4 is 0 Å². The minimum atomic E-state index is -0.455. The summed E-state index contributed by atoms with van der Waals surface area (Å²) in [5.74, 6) is 0.384. The van der Waals surface area contributed by atoms with Gasteiger partial charge in [-0.2, -0.15) is 5.26 Å². The van der Waals surface area contributed by atoms with Crippen LogP contribution in [-0.4, -0.2) is 29.7 Å². The number of nitriles is 1. The molecule has 2 aliphatic rings. The molecular weight excluding hydrogens is 192 g/mol. The fourth-order valence-corrected chi connectivity index (χ4v) is 2.12. The second-order valence-corrected chi connectivity index (χ2v) is 5.53. The van der Waals surface area contributed by atoms with Crippen molar-refractivity contribution >= 4 is 6.09 Å². The molecule has 2 fully saturated rings. The van der Waals surface area contributed by atoms with Crippen molar-refractivity contribution in [2.45, 2.75) is 32.8 Å². The quantitative estimate of drug-likeness (QED) is 0.609. The summed E-state index contributed by atoms with van der Waals surface area (Å²) in [5, 5.41) is 8.97. The molecule has 0 bridgehead atoms. The van der Waals surface area contributed by atoms with Crippen molar-refractivity contribution in [1.82, 2.24) is 4.90 Å². The Morgan fingerprint density at radius 3 is 2.73 bits per heavy atom. The maximum atomic E-state index is 11.7. The third-order valence-electron chi connectivity index (χ3n) is 3.02. The summed E-state index contributed by atoms with van der Waals surface area (Å²) in [6.45, 7) is 6.77. The molecule has 1 saturated heterocycles. The van der Waals surface area contributed by atoms with E-state index in [-0.39, 0.29) is 11.5 Å². The van der Waals surface area contributed by atoms with Crippen LogP contribution in [0.15, 0.2) is 0 Å². The predicted octanol–water partition coefficient (Wildman–Crippen LogP) is 1.77. The number of likely N-dealkylation sites (tertiary alicyclic amines) is 1. The Morgan fingerprint density at radius 1 is 1.60 bits per heavy atom. The summed E-state index contributed by atoms with van der Waals surface area (Å²) in [4.78, 5) is 13.3. The van der Waals surface area contributed by atoms with Crippen molar-refractivity contribution in [3.05, 3.63) is 0 Å². The zero-order valence-corrected chi connectivity index (χ0v) is 9.41. The van der Waals surface area contributed by atoms with Crippen molar-refractivity contribution < 1.29 is 9.53 Å². The van der Waals surface area contributed by atoms with E-state index in [4.69, 9.17) is 10.00 Å². The highest BCUT2D eigenvalue weighted by molar-refractivity contribution is 5.69. The van der Waals surface area contributed by atoms with Crippen molar-refractivity contribution in [3.8, 4) is 6.07 Å². The number of amides is 1. The number of piperidine rings is 1. The van der Waals surface area contributed by atoms with Gasteiger partial charge in [0.25, 0.3) is 0 Å². The molecule has 0 spiro atoms. The average molecular weight is 208 g/mol. The van der Waals surface area contributed by atoms with Gasteiger partial charge < -0.3 is 9.64 Å². The monoisotopic (exact) mass is 208 g/mol. The zero-order chi connectivity index (χ0) is 11.3. The van der Waals surface area contributed by atoms with Crippen LogP contribution in [0.3, 0.4) is 0 Å². The van der Waals surface area contributed by atoms with E-state index < -0.39 is 5.60 Å². The van der Waals surface area contributed by atoms with Crippen LogP contribution in [-0.2, 0) is 4.74 Å².